The molecule has 38 heavy (non-hydrogen) atoms. The minimum Gasteiger partial charge on any atom is -0.327 e. The molecule has 1 N–H and O–H groups in total. The van der Waals surface area contributed by atoms with Gasteiger partial charge in [-0.1, -0.05) is 13.0 Å². The number of fused-ring (bicyclic) bond motifs is 1. The van der Waals surface area contributed by atoms with Gasteiger partial charge in [-0.15, -0.1) is 11.3 Å². The molecule has 1 aromatic carbocycles. The van der Waals surface area contributed by atoms with Crippen LogP contribution in [0.3, 0.4) is 0 Å². The molecule has 0 bridgehead atoms. The van der Waals surface area contributed by atoms with Crippen LogP contribution in [0.15, 0.2) is 30.5 Å². The SMILES string of the molecule is Cc1cc(NC(=O)C(=O)N2C[C@@H](C)CC[C@@H]2c2ccc3sc([C@H]4CCN(C)C(C)(C)C4)nc3c2)cnc1C. The van der Waals surface area contributed by atoms with E-state index in [4.69, 9.17) is 4.98 Å². The molecule has 7 nitrogen and oxygen atoms in total. The number of aryl methyl sites for hydroxylation is 2. The van der Waals surface area contributed by atoms with Crippen molar-refractivity contribution in [1.29, 1.82) is 0 Å². The molecule has 2 aromatic heterocycles. The second kappa shape index (κ2) is 10.4. The average Bonchev–Trinajstić information content (AvgIpc) is 3.31. The van der Waals surface area contributed by atoms with Crippen molar-refractivity contribution in [3.63, 3.8) is 0 Å². The number of hydrogen-bond donors (Lipinski definition) is 1. The summed E-state index contributed by atoms with van der Waals surface area (Å²) >= 11 is 1.80. The van der Waals surface area contributed by atoms with Crippen LogP contribution in [0.4, 0.5) is 5.69 Å². The number of likely N-dealkylation sites (tertiary alicyclic amines) is 2. The Kier molecular flexibility index (Phi) is 7.31. The summed E-state index contributed by atoms with van der Waals surface area (Å²) in [5.74, 6) is -0.295. The number of thiazole rings is 1. The van der Waals surface area contributed by atoms with Crippen LogP contribution in [0.25, 0.3) is 10.2 Å². The number of carbonyl (C=O) groups excluding carboxylic acids is 2. The molecule has 2 saturated heterocycles. The number of aromatic nitrogens is 2. The molecule has 3 aromatic rings. The molecule has 0 aliphatic carbocycles. The van der Waals surface area contributed by atoms with E-state index < -0.39 is 11.8 Å². The maximum absolute atomic E-state index is 13.4. The van der Waals surface area contributed by atoms with Crippen LogP contribution in [-0.2, 0) is 9.59 Å². The van der Waals surface area contributed by atoms with Gasteiger partial charge in [0.2, 0.25) is 0 Å². The van der Waals surface area contributed by atoms with Gasteiger partial charge in [0.05, 0.1) is 33.2 Å². The molecule has 0 radical (unpaired) electrons. The molecule has 2 aliphatic heterocycles. The Labute approximate surface area is 229 Å². The van der Waals surface area contributed by atoms with Crippen LogP contribution in [0.2, 0.25) is 0 Å². The van der Waals surface area contributed by atoms with Crippen molar-refractivity contribution in [1.82, 2.24) is 19.8 Å². The molecular weight excluding hydrogens is 494 g/mol. The van der Waals surface area contributed by atoms with E-state index in [0.29, 0.717) is 24.1 Å². The van der Waals surface area contributed by atoms with Crippen LogP contribution in [-0.4, -0.2) is 57.3 Å². The summed E-state index contributed by atoms with van der Waals surface area (Å²) in [6, 6.07) is 8.12. The highest BCUT2D eigenvalue weighted by Gasteiger charge is 2.36. The van der Waals surface area contributed by atoms with Crippen molar-refractivity contribution in [2.45, 2.75) is 77.8 Å². The van der Waals surface area contributed by atoms with Crippen LogP contribution in [0.5, 0.6) is 0 Å². The number of anilines is 1. The fourth-order valence-corrected chi connectivity index (χ4v) is 6.90. The Balaban J connectivity index is 1.37. The number of amides is 2. The molecule has 4 heterocycles. The average molecular weight is 534 g/mol. The van der Waals surface area contributed by atoms with Gasteiger partial charge in [0.25, 0.3) is 0 Å². The monoisotopic (exact) mass is 533 g/mol. The number of piperidine rings is 2. The topological polar surface area (TPSA) is 78.4 Å². The maximum atomic E-state index is 13.4. The van der Waals surface area contributed by atoms with Crippen molar-refractivity contribution in [2.75, 3.05) is 25.5 Å². The number of nitrogens with zero attached hydrogens (tertiary/aromatic N) is 4. The highest BCUT2D eigenvalue weighted by Crippen LogP contribution is 2.41. The van der Waals surface area contributed by atoms with E-state index in [0.717, 1.165) is 54.6 Å². The van der Waals surface area contributed by atoms with Gasteiger partial charge in [0.15, 0.2) is 0 Å². The van der Waals surface area contributed by atoms with Crippen LogP contribution in [0.1, 0.15) is 80.2 Å². The Morgan fingerprint density at radius 1 is 1.13 bits per heavy atom. The standard InChI is InChI=1S/C30H39N5O2S/c1-18-7-9-25(35(17-18)29(37)27(36)32-23-13-19(2)20(3)31-16-23)21-8-10-26-24(14-21)33-28(38-26)22-11-12-34(6)30(4,5)15-22/h8,10,13-14,16,18,22,25H,7,9,11-12,15,17H2,1-6H3,(H,32,36)/t18-,22-,25+/m0/s1. The molecule has 0 spiro atoms. The van der Waals surface area contributed by atoms with Gasteiger partial charge in [-0.2, -0.15) is 0 Å². The molecule has 2 aliphatic rings. The summed E-state index contributed by atoms with van der Waals surface area (Å²) in [6.45, 7) is 12.3. The smallest absolute Gasteiger partial charge is 0.313 e. The molecule has 3 atom stereocenters. The van der Waals surface area contributed by atoms with Gasteiger partial charge < -0.3 is 15.1 Å². The van der Waals surface area contributed by atoms with Gasteiger partial charge in [0.1, 0.15) is 0 Å². The largest absolute Gasteiger partial charge is 0.327 e. The molecule has 0 unspecified atom stereocenters. The first-order valence-electron chi connectivity index (χ1n) is 13.7. The third-order valence-electron chi connectivity index (χ3n) is 8.62. The van der Waals surface area contributed by atoms with E-state index in [1.807, 2.05) is 19.9 Å². The minimum atomic E-state index is -0.615. The molecule has 5 rings (SSSR count). The first-order chi connectivity index (χ1) is 18.0. The normalized spacial score (nSPS) is 23.9. The first kappa shape index (κ1) is 26.8. The van der Waals surface area contributed by atoms with E-state index in [9.17, 15) is 9.59 Å². The van der Waals surface area contributed by atoms with Gasteiger partial charge in [-0.05, 0) is 102 Å². The Morgan fingerprint density at radius 2 is 1.92 bits per heavy atom. The highest BCUT2D eigenvalue weighted by molar-refractivity contribution is 7.18. The van der Waals surface area contributed by atoms with E-state index >= 15 is 0 Å². The molecular formula is C30H39N5O2S. The Hall–Kier alpha value is -2.84. The molecule has 2 fully saturated rings. The number of rotatable bonds is 3. The lowest BCUT2D eigenvalue weighted by atomic mass is 9.83. The van der Waals surface area contributed by atoms with Crippen LogP contribution >= 0.6 is 11.3 Å². The first-order valence-corrected chi connectivity index (χ1v) is 14.5. The van der Waals surface area contributed by atoms with Crippen molar-refractivity contribution in [2.24, 2.45) is 5.92 Å². The number of pyridine rings is 1. The van der Waals surface area contributed by atoms with Crippen molar-refractivity contribution >= 4 is 39.1 Å². The second-order valence-corrected chi connectivity index (χ2v) is 13.0. The van der Waals surface area contributed by atoms with Gasteiger partial charge in [-0.3, -0.25) is 14.6 Å². The molecule has 2 amide bonds. The van der Waals surface area contributed by atoms with Crippen LogP contribution in [0, 0.1) is 19.8 Å². The van der Waals surface area contributed by atoms with E-state index in [-0.39, 0.29) is 11.6 Å². The molecule has 0 saturated carbocycles. The summed E-state index contributed by atoms with van der Waals surface area (Å²) in [4.78, 5) is 40.0. The number of hydrogen-bond acceptors (Lipinski definition) is 6. The summed E-state index contributed by atoms with van der Waals surface area (Å²) in [6.07, 6.45) is 5.67. The van der Waals surface area contributed by atoms with E-state index in [2.05, 4.69) is 61.2 Å². The lowest BCUT2D eigenvalue weighted by Crippen LogP contribution is -2.46. The lowest BCUT2D eigenvalue weighted by Gasteiger charge is -2.43. The van der Waals surface area contributed by atoms with Crippen molar-refractivity contribution in [3.05, 3.63) is 52.3 Å². The Morgan fingerprint density at radius 3 is 2.66 bits per heavy atom. The summed E-state index contributed by atoms with van der Waals surface area (Å²) in [5.41, 5.74) is 4.63. The van der Waals surface area contributed by atoms with Crippen LogP contribution < -0.4 is 5.32 Å². The fraction of sp³-hybridized carbons (Fsp3) is 0.533. The fourth-order valence-electron chi connectivity index (χ4n) is 5.82. The second-order valence-electron chi connectivity index (χ2n) is 11.9. The Bertz CT molecular complexity index is 1370. The predicted molar refractivity (Wildman–Crippen MR) is 153 cm³/mol. The highest BCUT2D eigenvalue weighted by atomic mass is 32.1. The van der Waals surface area contributed by atoms with E-state index in [1.165, 1.54) is 9.71 Å². The maximum Gasteiger partial charge on any atom is 0.313 e. The zero-order valence-electron chi connectivity index (χ0n) is 23.4. The quantitative estimate of drug-likeness (QED) is 0.428. The lowest BCUT2D eigenvalue weighted by molar-refractivity contribution is -0.146. The zero-order chi connectivity index (χ0) is 27.2. The summed E-state index contributed by atoms with van der Waals surface area (Å²) < 4.78 is 1.18. The summed E-state index contributed by atoms with van der Waals surface area (Å²) in [5, 5.41) is 3.98. The third kappa shape index (κ3) is 5.34. The number of nitrogens with one attached hydrogen (secondary N) is 1. The molecule has 8 heteroatoms. The van der Waals surface area contributed by atoms with Gasteiger partial charge in [-0.25, -0.2) is 4.98 Å². The third-order valence-corrected chi connectivity index (χ3v) is 9.82. The van der Waals surface area contributed by atoms with Gasteiger partial charge >= 0.3 is 11.8 Å². The zero-order valence-corrected chi connectivity index (χ0v) is 24.2. The van der Waals surface area contributed by atoms with Crippen molar-refractivity contribution < 1.29 is 9.59 Å². The number of carbonyl (C=O) groups is 2. The predicted octanol–water partition coefficient (Wildman–Crippen LogP) is 5.83. The van der Waals surface area contributed by atoms with Gasteiger partial charge in [0, 0.05) is 23.7 Å². The number of benzene rings is 1. The van der Waals surface area contributed by atoms with Crippen molar-refractivity contribution in [3.8, 4) is 0 Å². The summed E-state index contributed by atoms with van der Waals surface area (Å²) in [7, 11) is 2.21. The minimum absolute atomic E-state index is 0.140. The molecule has 202 valence electrons. The van der Waals surface area contributed by atoms with E-state index in [1.54, 1.807) is 22.4 Å².